The van der Waals surface area contributed by atoms with E-state index in [0.717, 1.165) is 28.6 Å². The van der Waals surface area contributed by atoms with E-state index in [4.69, 9.17) is 16.6 Å². The van der Waals surface area contributed by atoms with Crippen LogP contribution in [0.3, 0.4) is 0 Å². The van der Waals surface area contributed by atoms with Crippen LogP contribution in [0.1, 0.15) is 23.7 Å². The molecule has 0 fully saturated rings. The first kappa shape index (κ1) is 14.6. The fourth-order valence-electron chi connectivity index (χ4n) is 2.60. The molecule has 3 aromatic rings. The van der Waals surface area contributed by atoms with Gasteiger partial charge >= 0.3 is 0 Å². The zero-order valence-corrected chi connectivity index (χ0v) is 13.7. The minimum absolute atomic E-state index is 0.253. The first-order chi connectivity index (χ1) is 10.2. The van der Waals surface area contributed by atoms with Gasteiger partial charge < -0.3 is 9.88 Å². The van der Waals surface area contributed by atoms with E-state index in [0.29, 0.717) is 0 Å². The fraction of sp³-hybridized carbons (Fsp3) is 0.312. The van der Waals surface area contributed by atoms with Gasteiger partial charge in [-0.2, -0.15) is 0 Å². The summed E-state index contributed by atoms with van der Waals surface area (Å²) in [6.07, 6.45) is 0.857. The molecule has 5 heteroatoms. The fourth-order valence-corrected chi connectivity index (χ4v) is 3.73. The molecule has 2 aromatic heterocycles. The van der Waals surface area contributed by atoms with Gasteiger partial charge in [0.25, 0.3) is 0 Å². The van der Waals surface area contributed by atoms with E-state index < -0.39 is 0 Å². The van der Waals surface area contributed by atoms with Gasteiger partial charge in [-0.15, -0.1) is 11.3 Å². The van der Waals surface area contributed by atoms with Crippen molar-refractivity contribution in [2.75, 3.05) is 6.54 Å². The van der Waals surface area contributed by atoms with Gasteiger partial charge in [0.15, 0.2) is 0 Å². The number of likely N-dealkylation sites (N-methyl/N-ethyl adjacent to an activating group) is 1. The molecular weight excluding hydrogens is 302 g/mol. The quantitative estimate of drug-likeness (QED) is 0.764. The van der Waals surface area contributed by atoms with Crippen LogP contribution in [-0.4, -0.2) is 16.1 Å². The number of hydrogen-bond donors (Lipinski definition) is 1. The normalized spacial score (nSPS) is 12.9. The molecule has 0 saturated heterocycles. The van der Waals surface area contributed by atoms with Crippen molar-refractivity contribution in [1.82, 2.24) is 14.9 Å². The highest BCUT2D eigenvalue weighted by Gasteiger charge is 2.17. The average Bonchev–Trinajstić information content (AvgIpc) is 3.04. The van der Waals surface area contributed by atoms with Crippen molar-refractivity contribution in [2.24, 2.45) is 7.05 Å². The standard InChI is InChI=1S/C16H18ClN3S/c1-3-18-12(14-8-9-15(17)21-14)10-16-19-11-6-4-5-7-13(11)20(16)2/h4-9,12,18H,3,10H2,1-2H3. The highest BCUT2D eigenvalue weighted by molar-refractivity contribution is 7.16. The summed E-state index contributed by atoms with van der Waals surface area (Å²) < 4.78 is 3.01. The maximum absolute atomic E-state index is 6.07. The molecule has 1 aromatic carbocycles. The van der Waals surface area contributed by atoms with Crippen LogP contribution < -0.4 is 5.32 Å². The van der Waals surface area contributed by atoms with E-state index in [1.54, 1.807) is 11.3 Å². The third kappa shape index (κ3) is 2.98. The predicted octanol–water partition coefficient (Wildman–Crippen LogP) is 4.18. The zero-order chi connectivity index (χ0) is 14.8. The Morgan fingerprint density at radius 2 is 2.10 bits per heavy atom. The number of halogens is 1. The van der Waals surface area contributed by atoms with Crippen LogP contribution in [0.4, 0.5) is 0 Å². The molecular formula is C16H18ClN3S. The topological polar surface area (TPSA) is 29.9 Å². The Bertz CT molecular complexity index is 747. The highest BCUT2D eigenvalue weighted by atomic mass is 35.5. The molecule has 3 nitrogen and oxygen atoms in total. The van der Waals surface area contributed by atoms with Crippen LogP contribution in [0.25, 0.3) is 11.0 Å². The molecule has 3 rings (SSSR count). The summed E-state index contributed by atoms with van der Waals surface area (Å²) in [7, 11) is 2.08. The van der Waals surface area contributed by atoms with Crippen LogP contribution in [0.2, 0.25) is 4.34 Å². The van der Waals surface area contributed by atoms with Crippen molar-refractivity contribution < 1.29 is 0 Å². The van der Waals surface area contributed by atoms with E-state index >= 15 is 0 Å². The Kier molecular flexibility index (Phi) is 4.29. The van der Waals surface area contributed by atoms with Gasteiger partial charge in [-0.1, -0.05) is 30.7 Å². The molecule has 110 valence electrons. The Hall–Kier alpha value is -1.36. The molecule has 21 heavy (non-hydrogen) atoms. The average molecular weight is 320 g/mol. The molecule has 1 N–H and O–H groups in total. The summed E-state index contributed by atoms with van der Waals surface area (Å²) >= 11 is 7.71. The summed E-state index contributed by atoms with van der Waals surface area (Å²) in [5.41, 5.74) is 2.22. The summed E-state index contributed by atoms with van der Waals surface area (Å²) in [4.78, 5) is 6.02. The molecule has 0 bridgehead atoms. The number of rotatable bonds is 5. The number of hydrogen-bond acceptors (Lipinski definition) is 3. The second-order valence-electron chi connectivity index (χ2n) is 5.03. The van der Waals surface area contributed by atoms with Crippen LogP contribution in [-0.2, 0) is 13.5 Å². The number of nitrogens with zero attached hydrogens (tertiary/aromatic N) is 2. The SMILES string of the molecule is CCNC(Cc1nc2ccccc2n1C)c1ccc(Cl)s1. The summed E-state index contributed by atoms with van der Waals surface area (Å²) in [6, 6.07) is 12.6. The van der Waals surface area contributed by atoms with Gasteiger partial charge in [0.1, 0.15) is 5.82 Å². The zero-order valence-electron chi connectivity index (χ0n) is 12.1. The van der Waals surface area contributed by atoms with Crippen molar-refractivity contribution in [3.63, 3.8) is 0 Å². The third-order valence-corrected chi connectivity index (χ3v) is 5.00. The summed E-state index contributed by atoms with van der Waals surface area (Å²) in [5, 5.41) is 3.53. The van der Waals surface area contributed by atoms with Gasteiger partial charge in [-0.3, -0.25) is 0 Å². The lowest BCUT2D eigenvalue weighted by atomic mass is 10.1. The first-order valence-corrected chi connectivity index (χ1v) is 8.27. The van der Waals surface area contributed by atoms with E-state index in [1.165, 1.54) is 10.4 Å². The molecule has 0 spiro atoms. The van der Waals surface area contributed by atoms with E-state index in [-0.39, 0.29) is 6.04 Å². The van der Waals surface area contributed by atoms with Gasteiger partial charge in [-0.05, 0) is 30.8 Å². The Labute approximate surface area is 133 Å². The number of aromatic nitrogens is 2. The molecule has 0 aliphatic heterocycles. The Balaban J connectivity index is 1.92. The Morgan fingerprint density at radius 1 is 1.29 bits per heavy atom. The maximum Gasteiger partial charge on any atom is 0.111 e. The Morgan fingerprint density at radius 3 is 2.76 bits per heavy atom. The van der Waals surface area contributed by atoms with E-state index in [1.807, 2.05) is 12.1 Å². The van der Waals surface area contributed by atoms with E-state index in [9.17, 15) is 0 Å². The van der Waals surface area contributed by atoms with Crippen molar-refractivity contribution >= 4 is 34.0 Å². The van der Waals surface area contributed by atoms with Crippen molar-refractivity contribution in [2.45, 2.75) is 19.4 Å². The first-order valence-electron chi connectivity index (χ1n) is 7.08. The minimum Gasteiger partial charge on any atom is -0.331 e. The molecule has 0 radical (unpaired) electrons. The van der Waals surface area contributed by atoms with Crippen molar-refractivity contribution in [3.05, 3.63) is 51.4 Å². The van der Waals surface area contributed by atoms with E-state index in [2.05, 4.69) is 48.1 Å². The lowest BCUT2D eigenvalue weighted by Gasteiger charge is -2.16. The van der Waals surface area contributed by atoms with Crippen molar-refractivity contribution in [3.8, 4) is 0 Å². The molecule has 0 aliphatic rings. The predicted molar refractivity (Wildman–Crippen MR) is 90.2 cm³/mol. The number of para-hydroxylation sites is 2. The molecule has 1 atom stereocenters. The summed E-state index contributed by atoms with van der Waals surface area (Å²) in [6.45, 7) is 3.04. The third-order valence-electron chi connectivity index (χ3n) is 3.65. The molecule has 1 unspecified atom stereocenters. The molecule has 0 amide bonds. The van der Waals surface area contributed by atoms with Gasteiger partial charge in [-0.25, -0.2) is 4.98 Å². The smallest absolute Gasteiger partial charge is 0.111 e. The van der Waals surface area contributed by atoms with Crippen molar-refractivity contribution in [1.29, 1.82) is 0 Å². The van der Waals surface area contributed by atoms with Gasteiger partial charge in [0, 0.05) is 24.4 Å². The summed E-state index contributed by atoms with van der Waals surface area (Å²) in [5.74, 6) is 1.09. The molecule has 2 heterocycles. The van der Waals surface area contributed by atoms with Crippen LogP contribution in [0.5, 0.6) is 0 Å². The number of thiophene rings is 1. The highest BCUT2D eigenvalue weighted by Crippen LogP contribution is 2.29. The van der Waals surface area contributed by atoms with Crippen LogP contribution in [0.15, 0.2) is 36.4 Å². The molecule has 0 saturated carbocycles. The molecule has 0 aliphatic carbocycles. The monoisotopic (exact) mass is 319 g/mol. The van der Waals surface area contributed by atoms with Crippen LogP contribution >= 0.6 is 22.9 Å². The van der Waals surface area contributed by atoms with Gasteiger partial charge in [0.2, 0.25) is 0 Å². The van der Waals surface area contributed by atoms with Crippen LogP contribution in [0, 0.1) is 0 Å². The number of benzene rings is 1. The largest absolute Gasteiger partial charge is 0.331 e. The lowest BCUT2D eigenvalue weighted by Crippen LogP contribution is -2.23. The second kappa shape index (κ2) is 6.18. The number of aryl methyl sites for hydroxylation is 1. The maximum atomic E-state index is 6.07. The minimum atomic E-state index is 0.253. The van der Waals surface area contributed by atoms with Gasteiger partial charge in [0.05, 0.1) is 15.4 Å². The second-order valence-corrected chi connectivity index (χ2v) is 6.78. The number of nitrogens with one attached hydrogen (secondary N) is 1. The number of fused-ring (bicyclic) bond motifs is 1. The number of imidazole rings is 1. The lowest BCUT2D eigenvalue weighted by molar-refractivity contribution is 0.538.